The van der Waals surface area contributed by atoms with Crippen LogP contribution in [0.5, 0.6) is 5.75 Å². The zero-order valence-electron chi connectivity index (χ0n) is 17.7. The van der Waals surface area contributed by atoms with Crippen molar-refractivity contribution in [2.45, 2.75) is 17.9 Å². The third-order valence-corrected chi connectivity index (χ3v) is 7.38. The van der Waals surface area contributed by atoms with Crippen LogP contribution < -0.4 is 10.1 Å². The number of anilines is 1. The Morgan fingerprint density at radius 3 is 2.75 bits per heavy atom. The number of rotatable bonds is 6. The van der Waals surface area contributed by atoms with Crippen molar-refractivity contribution in [2.24, 2.45) is 0 Å². The van der Waals surface area contributed by atoms with Crippen molar-refractivity contribution in [1.29, 1.82) is 0 Å². The standard InChI is InChI=1S/C22H22N6O3S/c1-27(2)32(29,30)17-8-6-15(7-9-17)19-13-24-22(28-14-25-26-21(19)28)23-12-16-4-3-5-20-18(16)10-11-31-20/h3-9,13-14H,10-12H2,1-2H3,(H,23,24). The SMILES string of the molecule is CN(C)S(=O)(=O)c1ccc(-c2cnc(NCc3cccc4c3CCO4)n3cnnc23)cc1. The van der Waals surface area contributed by atoms with Gasteiger partial charge in [-0.2, -0.15) is 0 Å². The van der Waals surface area contributed by atoms with Gasteiger partial charge in [-0.1, -0.05) is 24.3 Å². The molecule has 0 fully saturated rings. The largest absolute Gasteiger partial charge is 0.493 e. The molecule has 0 saturated heterocycles. The monoisotopic (exact) mass is 450 g/mol. The summed E-state index contributed by atoms with van der Waals surface area (Å²) < 4.78 is 33.3. The van der Waals surface area contributed by atoms with Gasteiger partial charge in [0.15, 0.2) is 5.65 Å². The molecule has 0 saturated carbocycles. The highest BCUT2D eigenvalue weighted by atomic mass is 32.2. The quantitative estimate of drug-likeness (QED) is 0.482. The second-order valence-corrected chi connectivity index (χ2v) is 9.83. The lowest BCUT2D eigenvalue weighted by Crippen LogP contribution is -2.22. The van der Waals surface area contributed by atoms with Crippen molar-refractivity contribution < 1.29 is 13.2 Å². The number of hydrogen-bond donors (Lipinski definition) is 1. The van der Waals surface area contributed by atoms with Crippen LogP contribution in [-0.4, -0.2) is 53.0 Å². The predicted octanol–water partition coefficient (Wildman–Crippen LogP) is 2.59. The zero-order valence-corrected chi connectivity index (χ0v) is 18.5. The van der Waals surface area contributed by atoms with Crippen molar-refractivity contribution in [3.8, 4) is 16.9 Å². The number of sulfonamides is 1. The second kappa shape index (κ2) is 7.88. The van der Waals surface area contributed by atoms with Crippen molar-refractivity contribution >= 4 is 21.6 Å². The van der Waals surface area contributed by atoms with E-state index in [9.17, 15) is 8.42 Å². The summed E-state index contributed by atoms with van der Waals surface area (Å²) in [5.74, 6) is 1.57. The molecule has 32 heavy (non-hydrogen) atoms. The highest BCUT2D eigenvalue weighted by Crippen LogP contribution is 2.29. The van der Waals surface area contributed by atoms with Gasteiger partial charge < -0.3 is 10.1 Å². The summed E-state index contributed by atoms with van der Waals surface area (Å²) in [5, 5.41) is 11.7. The third-order valence-electron chi connectivity index (χ3n) is 5.55. The first-order valence-electron chi connectivity index (χ1n) is 10.1. The molecular formula is C22H22N6O3S. The first-order chi connectivity index (χ1) is 15.4. The van der Waals surface area contributed by atoms with Crippen LogP contribution in [0.4, 0.5) is 5.95 Å². The number of benzene rings is 2. The van der Waals surface area contributed by atoms with Crippen LogP contribution in [0, 0.1) is 0 Å². The minimum absolute atomic E-state index is 0.231. The molecule has 1 aliphatic rings. The fourth-order valence-electron chi connectivity index (χ4n) is 3.80. The number of aromatic nitrogens is 4. The summed E-state index contributed by atoms with van der Waals surface area (Å²) in [7, 11) is -0.468. The number of nitrogens with one attached hydrogen (secondary N) is 1. The van der Waals surface area contributed by atoms with E-state index >= 15 is 0 Å². The average molecular weight is 451 g/mol. The third kappa shape index (κ3) is 3.47. The van der Waals surface area contributed by atoms with E-state index in [-0.39, 0.29) is 4.90 Å². The van der Waals surface area contributed by atoms with Gasteiger partial charge in [0.1, 0.15) is 12.1 Å². The normalized spacial score (nSPS) is 13.3. The predicted molar refractivity (Wildman–Crippen MR) is 120 cm³/mol. The van der Waals surface area contributed by atoms with Gasteiger partial charge in [0.05, 0.1) is 11.5 Å². The Labute approximate surface area is 185 Å². The maximum Gasteiger partial charge on any atom is 0.242 e. The molecule has 1 aliphatic heterocycles. The van der Waals surface area contributed by atoms with Gasteiger partial charge in [-0.3, -0.25) is 4.40 Å². The van der Waals surface area contributed by atoms with Crippen LogP contribution in [0.15, 0.2) is 59.9 Å². The molecule has 0 amide bonds. The van der Waals surface area contributed by atoms with Crippen molar-refractivity contribution in [2.75, 3.05) is 26.0 Å². The summed E-state index contributed by atoms with van der Waals surface area (Å²) in [6, 6.07) is 12.7. The van der Waals surface area contributed by atoms with Crippen LogP contribution >= 0.6 is 0 Å². The molecule has 0 aliphatic carbocycles. The molecule has 0 unspecified atom stereocenters. The van der Waals surface area contributed by atoms with E-state index in [1.807, 2.05) is 12.1 Å². The number of nitrogens with zero attached hydrogens (tertiary/aromatic N) is 5. The van der Waals surface area contributed by atoms with Gasteiger partial charge >= 0.3 is 0 Å². The number of hydrogen-bond acceptors (Lipinski definition) is 7. The second-order valence-electron chi connectivity index (χ2n) is 7.68. The topological polar surface area (TPSA) is 102 Å². The Balaban J connectivity index is 1.44. The number of ether oxygens (including phenoxy) is 1. The van der Waals surface area contributed by atoms with E-state index < -0.39 is 10.0 Å². The Hall–Kier alpha value is -3.50. The Kier molecular flexibility index (Phi) is 5.03. The fraction of sp³-hybridized carbons (Fsp3) is 0.227. The summed E-state index contributed by atoms with van der Waals surface area (Å²) in [6.45, 7) is 1.31. The molecule has 3 heterocycles. The molecule has 164 valence electrons. The van der Waals surface area contributed by atoms with Crippen LogP contribution in [0.25, 0.3) is 16.8 Å². The van der Waals surface area contributed by atoms with Gasteiger partial charge in [0.25, 0.3) is 0 Å². The molecule has 5 rings (SSSR count). The molecule has 1 N–H and O–H groups in total. The maximum absolute atomic E-state index is 12.3. The van der Waals surface area contributed by atoms with Crippen molar-refractivity contribution in [3.05, 3.63) is 66.1 Å². The molecular weight excluding hydrogens is 428 g/mol. The molecule has 0 atom stereocenters. The van der Waals surface area contributed by atoms with Crippen LogP contribution in [-0.2, 0) is 23.0 Å². The summed E-state index contributed by atoms with van der Waals surface area (Å²) in [5.41, 5.74) is 4.59. The van der Waals surface area contributed by atoms with Gasteiger partial charge in [-0.05, 0) is 29.3 Å². The van der Waals surface area contributed by atoms with Crippen LogP contribution in [0.3, 0.4) is 0 Å². The lowest BCUT2D eigenvalue weighted by molar-refractivity contribution is 0.357. The minimum atomic E-state index is -3.49. The van der Waals surface area contributed by atoms with Crippen LogP contribution in [0.2, 0.25) is 0 Å². The van der Waals surface area contributed by atoms with E-state index in [0.717, 1.165) is 23.3 Å². The van der Waals surface area contributed by atoms with Gasteiger partial charge in [-0.15, -0.1) is 10.2 Å². The van der Waals surface area contributed by atoms with Crippen molar-refractivity contribution in [1.82, 2.24) is 23.9 Å². The molecule has 2 aromatic heterocycles. The molecule has 0 radical (unpaired) electrons. The molecule has 0 bridgehead atoms. The first kappa shape index (κ1) is 20.4. The van der Waals surface area contributed by atoms with E-state index in [1.165, 1.54) is 29.5 Å². The maximum atomic E-state index is 12.3. The highest BCUT2D eigenvalue weighted by molar-refractivity contribution is 7.89. The summed E-state index contributed by atoms with van der Waals surface area (Å²) in [6.07, 6.45) is 4.24. The van der Waals surface area contributed by atoms with E-state index in [2.05, 4.69) is 26.6 Å². The Morgan fingerprint density at radius 1 is 1.16 bits per heavy atom. The van der Waals surface area contributed by atoms with Crippen molar-refractivity contribution in [3.63, 3.8) is 0 Å². The van der Waals surface area contributed by atoms with Gasteiger partial charge in [-0.25, -0.2) is 17.7 Å². The lowest BCUT2D eigenvalue weighted by Gasteiger charge is -2.13. The minimum Gasteiger partial charge on any atom is -0.493 e. The molecule has 4 aromatic rings. The average Bonchev–Trinajstić information content (AvgIpc) is 3.47. The summed E-state index contributed by atoms with van der Waals surface area (Å²) >= 11 is 0. The Bertz CT molecular complexity index is 1400. The van der Waals surface area contributed by atoms with E-state index in [0.29, 0.717) is 24.7 Å². The van der Waals surface area contributed by atoms with E-state index in [4.69, 9.17) is 4.74 Å². The summed E-state index contributed by atoms with van der Waals surface area (Å²) in [4.78, 5) is 4.81. The number of fused-ring (bicyclic) bond motifs is 2. The molecule has 0 spiro atoms. The molecule has 10 heteroatoms. The lowest BCUT2D eigenvalue weighted by atomic mass is 10.1. The first-order valence-corrected chi connectivity index (χ1v) is 11.6. The Morgan fingerprint density at radius 2 is 1.97 bits per heavy atom. The fourth-order valence-corrected chi connectivity index (χ4v) is 4.71. The molecule has 2 aromatic carbocycles. The highest BCUT2D eigenvalue weighted by Gasteiger charge is 2.19. The van der Waals surface area contributed by atoms with E-state index in [1.54, 1.807) is 41.2 Å². The van der Waals surface area contributed by atoms with Gasteiger partial charge in [0, 0.05) is 44.4 Å². The smallest absolute Gasteiger partial charge is 0.242 e. The molecule has 9 nitrogen and oxygen atoms in total. The van der Waals surface area contributed by atoms with Gasteiger partial charge in [0.2, 0.25) is 16.0 Å². The zero-order chi connectivity index (χ0) is 22.3. The van der Waals surface area contributed by atoms with Crippen LogP contribution in [0.1, 0.15) is 11.1 Å².